The van der Waals surface area contributed by atoms with E-state index in [2.05, 4.69) is 84.7 Å². The molecule has 2 aromatic carbocycles. The topological polar surface area (TPSA) is 54.2 Å². The van der Waals surface area contributed by atoms with Crippen LogP contribution in [0.3, 0.4) is 0 Å². The summed E-state index contributed by atoms with van der Waals surface area (Å²) >= 11 is 7.44. The van der Waals surface area contributed by atoms with Crippen LogP contribution in [0.1, 0.15) is 48.0 Å². The highest BCUT2D eigenvalue weighted by molar-refractivity contribution is 7.80. The molecule has 1 aliphatic heterocycles. The fourth-order valence-electron chi connectivity index (χ4n) is 4.16. The van der Waals surface area contributed by atoms with Gasteiger partial charge in [-0.15, -0.1) is 11.3 Å². The van der Waals surface area contributed by atoms with Crippen molar-refractivity contribution in [3.8, 4) is 10.7 Å². The summed E-state index contributed by atoms with van der Waals surface area (Å²) in [7, 11) is 0. The molecule has 1 N–H and O–H groups in total. The van der Waals surface area contributed by atoms with Crippen LogP contribution in [0.15, 0.2) is 76.3 Å². The third-order valence-corrected chi connectivity index (χ3v) is 7.38. The number of benzene rings is 2. The third kappa shape index (κ3) is 4.41. The van der Waals surface area contributed by atoms with E-state index in [4.69, 9.17) is 21.7 Å². The lowest BCUT2D eigenvalue weighted by atomic mass is 9.94. The summed E-state index contributed by atoms with van der Waals surface area (Å²) in [6, 6.07) is 21.0. The van der Waals surface area contributed by atoms with Gasteiger partial charge in [-0.05, 0) is 60.6 Å². The van der Waals surface area contributed by atoms with Gasteiger partial charge >= 0.3 is 0 Å². The van der Waals surface area contributed by atoms with Gasteiger partial charge < -0.3 is 14.7 Å². The molecule has 4 aromatic rings. The van der Waals surface area contributed by atoms with Crippen LogP contribution in [0.25, 0.3) is 16.3 Å². The average molecular weight is 487 g/mol. The van der Waals surface area contributed by atoms with Crippen molar-refractivity contribution >= 4 is 34.2 Å². The van der Waals surface area contributed by atoms with Crippen LogP contribution in [0.5, 0.6) is 0 Å². The highest BCUT2D eigenvalue weighted by Gasteiger charge is 2.34. The second-order valence-corrected chi connectivity index (χ2v) is 9.78. The molecular weight excluding hydrogens is 460 g/mol. The molecule has 2 aromatic heterocycles. The summed E-state index contributed by atoms with van der Waals surface area (Å²) < 4.78 is 5.82. The number of hydrogen-bond donors (Lipinski definition) is 1. The number of nitrogens with one attached hydrogen (secondary N) is 1. The van der Waals surface area contributed by atoms with Gasteiger partial charge in [0, 0.05) is 12.2 Å². The van der Waals surface area contributed by atoms with Gasteiger partial charge in [-0.25, -0.2) is 0 Å². The number of aromatic nitrogens is 2. The van der Waals surface area contributed by atoms with Gasteiger partial charge in [-0.3, -0.25) is 0 Å². The molecule has 34 heavy (non-hydrogen) atoms. The molecule has 0 aliphatic carbocycles. The zero-order valence-electron chi connectivity index (χ0n) is 19.4. The van der Waals surface area contributed by atoms with Crippen LogP contribution in [0, 0.1) is 6.92 Å². The molecule has 0 fully saturated rings. The maximum absolute atomic E-state index is 5.84. The summed E-state index contributed by atoms with van der Waals surface area (Å²) in [5, 5.41) is 10.5. The van der Waals surface area contributed by atoms with Crippen molar-refractivity contribution in [1.82, 2.24) is 20.4 Å². The van der Waals surface area contributed by atoms with E-state index in [1.54, 1.807) is 11.3 Å². The molecule has 5 nitrogen and oxygen atoms in total. The van der Waals surface area contributed by atoms with Crippen molar-refractivity contribution in [2.75, 3.05) is 0 Å². The summed E-state index contributed by atoms with van der Waals surface area (Å²) in [5.74, 6) is 1.11. The van der Waals surface area contributed by atoms with E-state index < -0.39 is 0 Å². The maximum atomic E-state index is 5.84. The monoisotopic (exact) mass is 486 g/mol. The lowest BCUT2D eigenvalue weighted by Crippen LogP contribution is -2.45. The van der Waals surface area contributed by atoms with E-state index in [0.717, 1.165) is 28.1 Å². The smallest absolute Gasteiger partial charge is 0.258 e. The largest absolute Gasteiger partial charge is 0.351 e. The number of rotatable bonds is 6. The first-order valence-electron chi connectivity index (χ1n) is 11.3. The van der Waals surface area contributed by atoms with Crippen LogP contribution < -0.4 is 5.32 Å². The van der Waals surface area contributed by atoms with Crippen molar-refractivity contribution in [2.24, 2.45) is 0 Å². The minimum Gasteiger partial charge on any atom is -0.351 e. The van der Waals surface area contributed by atoms with Crippen molar-refractivity contribution < 1.29 is 4.52 Å². The zero-order chi connectivity index (χ0) is 23.7. The number of aryl methyl sites for hydroxylation is 2. The van der Waals surface area contributed by atoms with E-state index >= 15 is 0 Å². The Hall–Kier alpha value is -3.29. The minimum atomic E-state index is -0.177. The standard InChI is InChI=1S/C27H26N4OS2/c1-4-19-9-11-20(12-10-19)16-31-18(3)23(26-29-25(30-32-26)22-6-5-15-34-22)24(28-27(31)33)21-13-7-17(2)8-14-21/h5-15,24H,4,16H2,1-3H3,(H,28,33). The van der Waals surface area contributed by atoms with Crippen LogP contribution in [0.4, 0.5) is 0 Å². The van der Waals surface area contributed by atoms with Crippen molar-refractivity contribution in [2.45, 2.75) is 39.8 Å². The van der Waals surface area contributed by atoms with E-state index in [0.29, 0.717) is 23.4 Å². The summed E-state index contributed by atoms with van der Waals surface area (Å²) in [5.41, 5.74) is 6.78. The normalized spacial score (nSPS) is 16.1. The second-order valence-electron chi connectivity index (χ2n) is 8.45. The SMILES string of the molecule is CCc1ccc(CN2C(=S)NC(c3ccc(C)cc3)C(c3nc(-c4cccs4)no3)=C2C)cc1. The van der Waals surface area contributed by atoms with Gasteiger partial charge in [0.1, 0.15) is 0 Å². The fraction of sp³-hybridized carbons (Fsp3) is 0.222. The first kappa shape index (κ1) is 22.5. The predicted molar refractivity (Wildman–Crippen MR) is 141 cm³/mol. The molecule has 172 valence electrons. The molecule has 0 bridgehead atoms. The Bertz CT molecular complexity index is 1320. The molecule has 1 atom stereocenters. The molecule has 7 heteroatoms. The van der Waals surface area contributed by atoms with E-state index in [1.807, 2.05) is 17.5 Å². The summed E-state index contributed by atoms with van der Waals surface area (Å²) in [4.78, 5) is 7.87. The van der Waals surface area contributed by atoms with Gasteiger partial charge in [0.25, 0.3) is 5.89 Å². The molecule has 5 rings (SSSR count). The van der Waals surface area contributed by atoms with Crippen LogP contribution in [-0.4, -0.2) is 20.2 Å². The Balaban J connectivity index is 1.57. The average Bonchev–Trinajstić information content (AvgIpc) is 3.55. The minimum absolute atomic E-state index is 0.177. The quantitative estimate of drug-likeness (QED) is 0.313. The first-order chi connectivity index (χ1) is 16.5. The predicted octanol–water partition coefficient (Wildman–Crippen LogP) is 6.53. The Morgan fingerprint density at radius 3 is 2.44 bits per heavy atom. The van der Waals surface area contributed by atoms with E-state index in [-0.39, 0.29) is 6.04 Å². The van der Waals surface area contributed by atoms with Crippen molar-refractivity contribution in [3.05, 3.63) is 99.9 Å². The summed E-state index contributed by atoms with van der Waals surface area (Å²) in [6.45, 7) is 7.00. The molecule has 1 unspecified atom stereocenters. The lowest BCUT2D eigenvalue weighted by molar-refractivity contribution is 0.396. The van der Waals surface area contributed by atoms with E-state index in [1.165, 1.54) is 16.7 Å². The maximum Gasteiger partial charge on any atom is 0.258 e. The molecule has 0 saturated carbocycles. The number of hydrogen-bond acceptors (Lipinski definition) is 5. The highest BCUT2D eigenvalue weighted by Crippen LogP contribution is 2.38. The zero-order valence-corrected chi connectivity index (χ0v) is 21.0. The molecule has 0 spiro atoms. The Kier molecular flexibility index (Phi) is 6.30. The van der Waals surface area contributed by atoms with Crippen LogP contribution >= 0.6 is 23.6 Å². The van der Waals surface area contributed by atoms with Gasteiger partial charge in [0.15, 0.2) is 5.11 Å². The molecule has 3 heterocycles. The van der Waals surface area contributed by atoms with Gasteiger partial charge in [-0.2, -0.15) is 4.98 Å². The van der Waals surface area contributed by atoms with Gasteiger partial charge in [0.05, 0.1) is 16.5 Å². The van der Waals surface area contributed by atoms with Crippen LogP contribution in [0.2, 0.25) is 0 Å². The molecule has 1 aliphatic rings. The van der Waals surface area contributed by atoms with Gasteiger partial charge in [-0.1, -0.05) is 72.2 Å². The number of thiocarbonyl (C=S) groups is 1. The number of thiophene rings is 1. The number of nitrogens with zero attached hydrogens (tertiary/aromatic N) is 3. The molecule has 0 radical (unpaired) electrons. The van der Waals surface area contributed by atoms with Crippen molar-refractivity contribution in [3.63, 3.8) is 0 Å². The van der Waals surface area contributed by atoms with Crippen LogP contribution in [-0.2, 0) is 13.0 Å². The van der Waals surface area contributed by atoms with Crippen molar-refractivity contribution in [1.29, 1.82) is 0 Å². The Morgan fingerprint density at radius 1 is 1.03 bits per heavy atom. The molecule has 0 saturated heterocycles. The summed E-state index contributed by atoms with van der Waals surface area (Å²) in [6.07, 6.45) is 1.02. The Morgan fingerprint density at radius 2 is 1.76 bits per heavy atom. The molecule has 0 amide bonds. The Labute approximate surface area is 209 Å². The van der Waals surface area contributed by atoms with Gasteiger partial charge in [0.2, 0.25) is 5.82 Å². The lowest BCUT2D eigenvalue weighted by Gasteiger charge is -2.37. The number of allylic oxidation sites excluding steroid dienone is 1. The third-order valence-electron chi connectivity index (χ3n) is 6.18. The second kappa shape index (κ2) is 9.52. The van der Waals surface area contributed by atoms with E-state index in [9.17, 15) is 0 Å². The highest BCUT2D eigenvalue weighted by atomic mass is 32.1. The molecular formula is C27H26N4OS2. The fourth-order valence-corrected chi connectivity index (χ4v) is 5.13. The first-order valence-corrected chi connectivity index (χ1v) is 12.6.